The maximum absolute atomic E-state index is 10.9. The summed E-state index contributed by atoms with van der Waals surface area (Å²) in [6, 6.07) is 0. The van der Waals surface area contributed by atoms with Crippen LogP contribution >= 0.6 is 0 Å². The molecule has 82 valence electrons. The molecule has 0 aliphatic heterocycles. The molecule has 0 saturated carbocycles. The average molecular weight is 206 g/mol. The third-order valence-corrected chi connectivity index (χ3v) is 1.37. The van der Waals surface area contributed by atoms with Crippen molar-refractivity contribution in [3.05, 3.63) is 36.0 Å². The van der Waals surface area contributed by atoms with E-state index in [0.717, 1.165) is 6.42 Å². The highest BCUT2D eigenvalue weighted by Crippen LogP contribution is 2.05. The number of aliphatic imine (C=N–C) groups is 1. The van der Waals surface area contributed by atoms with Crippen LogP contribution in [0.3, 0.4) is 0 Å². The van der Waals surface area contributed by atoms with Crippen LogP contribution in [0.5, 0.6) is 0 Å². The molecule has 0 atom stereocenters. The maximum Gasteiger partial charge on any atom is 0.276 e. The second kappa shape index (κ2) is 7.88. The zero-order chi connectivity index (χ0) is 11.7. The Morgan fingerprint density at radius 1 is 1.40 bits per heavy atom. The lowest BCUT2D eigenvalue weighted by Crippen LogP contribution is -1.99. The molecule has 0 aromatic carbocycles. The minimum absolute atomic E-state index is 0.271. The first-order valence-electron chi connectivity index (χ1n) is 4.73. The van der Waals surface area contributed by atoms with Gasteiger partial charge in [0.05, 0.1) is 0 Å². The molecule has 0 spiro atoms. The van der Waals surface area contributed by atoms with Gasteiger partial charge in [0.1, 0.15) is 0 Å². The van der Waals surface area contributed by atoms with Crippen LogP contribution in [0.2, 0.25) is 0 Å². The summed E-state index contributed by atoms with van der Waals surface area (Å²) in [5.74, 6) is -0.271. The zero-order valence-corrected chi connectivity index (χ0v) is 9.60. The third kappa shape index (κ3) is 7.58. The number of carbonyl (C=O) groups is 1. The van der Waals surface area contributed by atoms with Crippen molar-refractivity contribution >= 4 is 12.6 Å². The molecule has 15 heavy (non-hydrogen) atoms. The number of hydrogen-bond acceptors (Lipinski definition) is 2. The van der Waals surface area contributed by atoms with E-state index >= 15 is 0 Å². The summed E-state index contributed by atoms with van der Waals surface area (Å²) in [7, 11) is 6.00. The molecule has 0 radical (unpaired) electrons. The van der Waals surface area contributed by atoms with Crippen LogP contribution < -0.4 is 0 Å². The molecule has 0 fully saturated rings. The number of nitrogens with zero attached hydrogens (tertiary/aromatic N) is 2. The van der Waals surface area contributed by atoms with Crippen molar-refractivity contribution in [1.29, 1.82) is 0 Å². The lowest BCUT2D eigenvalue weighted by atomic mass is 10.2. The van der Waals surface area contributed by atoms with Gasteiger partial charge in [0.2, 0.25) is 0 Å². The minimum Gasteiger partial charge on any atom is -0.312 e. The number of hydrogen-bond donors (Lipinski definition) is 0. The van der Waals surface area contributed by atoms with Gasteiger partial charge in [-0.1, -0.05) is 24.3 Å². The van der Waals surface area contributed by atoms with E-state index in [1.54, 1.807) is 12.2 Å². The first-order valence-corrected chi connectivity index (χ1v) is 4.73. The van der Waals surface area contributed by atoms with Crippen LogP contribution in [0.25, 0.3) is 0 Å². The molecular formula is C12H18N2O. The monoisotopic (exact) mass is 206 g/mol. The van der Waals surface area contributed by atoms with Gasteiger partial charge in [-0.25, -0.2) is 4.99 Å². The highest BCUT2D eigenvalue weighted by atomic mass is 16.1. The third-order valence-electron chi connectivity index (χ3n) is 1.37. The molecule has 0 unspecified atom stereocenters. The van der Waals surface area contributed by atoms with Gasteiger partial charge in [-0.05, 0) is 40.4 Å². The van der Waals surface area contributed by atoms with E-state index in [2.05, 4.69) is 11.7 Å². The van der Waals surface area contributed by atoms with Crippen LogP contribution in [0.15, 0.2) is 40.9 Å². The van der Waals surface area contributed by atoms with Crippen molar-refractivity contribution in [2.24, 2.45) is 4.99 Å². The number of allylic oxidation sites excluding steroid dienone is 4. The zero-order valence-electron chi connectivity index (χ0n) is 9.60. The van der Waals surface area contributed by atoms with E-state index in [9.17, 15) is 4.79 Å². The standard InChI is InChI=1S/C9H9NO.C3H9N/c1-10-9(11)8-6-4-2-3-5-7-8;1-4(2)3/h2,4-7H,1,3H2;1-3H3. The Hall–Kier alpha value is -1.48. The number of carbonyl (C=O) groups excluding carboxylic acids is 1. The highest BCUT2D eigenvalue weighted by molar-refractivity contribution is 5.99. The van der Waals surface area contributed by atoms with E-state index in [1.807, 2.05) is 44.3 Å². The Morgan fingerprint density at radius 2 is 2.00 bits per heavy atom. The summed E-state index contributed by atoms with van der Waals surface area (Å²) in [4.78, 5) is 16.2. The Balaban J connectivity index is 0.000000423. The lowest BCUT2D eigenvalue weighted by molar-refractivity contribution is -0.114. The van der Waals surface area contributed by atoms with Gasteiger partial charge in [0, 0.05) is 5.57 Å². The second-order valence-corrected chi connectivity index (χ2v) is 3.49. The minimum atomic E-state index is -0.271. The van der Waals surface area contributed by atoms with E-state index in [4.69, 9.17) is 0 Å². The van der Waals surface area contributed by atoms with Crippen LogP contribution in [0.1, 0.15) is 6.42 Å². The fourth-order valence-corrected chi connectivity index (χ4v) is 0.813. The smallest absolute Gasteiger partial charge is 0.276 e. The predicted molar refractivity (Wildman–Crippen MR) is 65.1 cm³/mol. The molecule has 0 aromatic rings. The second-order valence-electron chi connectivity index (χ2n) is 3.49. The molecule has 0 bridgehead atoms. The highest BCUT2D eigenvalue weighted by Gasteiger charge is 2.01. The lowest BCUT2D eigenvalue weighted by Gasteiger charge is -1.90. The normalized spacial score (nSPS) is 13.7. The SMILES string of the molecule is C=NC(=O)C1=CC=CCC=C1.CN(C)C. The Bertz CT molecular complexity index is 296. The molecule has 0 N–H and O–H groups in total. The first kappa shape index (κ1) is 13.5. The molecule has 1 amide bonds. The Labute approximate surface area is 91.5 Å². The van der Waals surface area contributed by atoms with Crippen LogP contribution in [-0.2, 0) is 4.79 Å². The van der Waals surface area contributed by atoms with Gasteiger partial charge < -0.3 is 4.90 Å². The maximum atomic E-state index is 10.9. The molecule has 0 saturated heterocycles. The van der Waals surface area contributed by atoms with Crippen molar-refractivity contribution in [2.75, 3.05) is 21.1 Å². The first-order chi connectivity index (χ1) is 7.07. The Kier molecular flexibility index (Phi) is 7.10. The molecule has 0 heterocycles. The number of rotatable bonds is 1. The summed E-state index contributed by atoms with van der Waals surface area (Å²) < 4.78 is 0. The van der Waals surface area contributed by atoms with E-state index in [-0.39, 0.29) is 5.91 Å². The summed E-state index contributed by atoms with van der Waals surface area (Å²) in [6.07, 6.45) is 10.1. The van der Waals surface area contributed by atoms with Gasteiger partial charge in [0.25, 0.3) is 5.91 Å². The number of amides is 1. The summed E-state index contributed by atoms with van der Waals surface area (Å²) in [5.41, 5.74) is 0.591. The van der Waals surface area contributed by atoms with E-state index in [0.29, 0.717) is 5.57 Å². The molecule has 0 aromatic heterocycles. The van der Waals surface area contributed by atoms with Gasteiger partial charge >= 0.3 is 0 Å². The summed E-state index contributed by atoms with van der Waals surface area (Å²) in [6.45, 7) is 3.17. The fraction of sp³-hybridized carbons (Fsp3) is 0.333. The molecule has 1 rings (SSSR count). The summed E-state index contributed by atoms with van der Waals surface area (Å²) >= 11 is 0. The van der Waals surface area contributed by atoms with E-state index < -0.39 is 0 Å². The van der Waals surface area contributed by atoms with Crippen molar-refractivity contribution in [2.45, 2.75) is 6.42 Å². The molecule has 1 aliphatic rings. The quantitative estimate of drug-likeness (QED) is 0.613. The molecule has 3 heteroatoms. The average Bonchev–Trinajstić information content (AvgIpc) is 2.43. The van der Waals surface area contributed by atoms with Gasteiger partial charge in [0.15, 0.2) is 0 Å². The molecule has 1 aliphatic carbocycles. The van der Waals surface area contributed by atoms with Gasteiger partial charge in [-0.2, -0.15) is 0 Å². The summed E-state index contributed by atoms with van der Waals surface area (Å²) in [5, 5.41) is 0. The largest absolute Gasteiger partial charge is 0.312 e. The van der Waals surface area contributed by atoms with Gasteiger partial charge in [-0.3, -0.25) is 4.79 Å². The van der Waals surface area contributed by atoms with Crippen molar-refractivity contribution < 1.29 is 4.79 Å². The van der Waals surface area contributed by atoms with Crippen LogP contribution in [0, 0.1) is 0 Å². The molecule has 3 nitrogen and oxygen atoms in total. The van der Waals surface area contributed by atoms with Crippen LogP contribution in [0.4, 0.5) is 0 Å². The van der Waals surface area contributed by atoms with Crippen molar-refractivity contribution in [3.63, 3.8) is 0 Å². The fourth-order valence-electron chi connectivity index (χ4n) is 0.813. The van der Waals surface area contributed by atoms with Crippen LogP contribution in [-0.4, -0.2) is 38.7 Å². The van der Waals surface area contributed by atoms with Gasteiger partial charge in [-0.15, -0.1) is 0 Å². The molecular weight excluding hydrogens is 188 g/mol. The van der Waals surface area contributed by atoms with Crippen molar-refractivity contribution in [1.82, 2.24) is 4.90 Å². The predicted octanol–water partition coefficient (Wildman–Crippen LogP) is 1.83. The van der Waals surface area contributed by atoms with Crippen molar-refractivity contribution in [3.8, 4) is 0 Å². The van der Waals surface area contributed by atoms with E-state index in [1.165, 1.54) is 0 Å². The topological polar surface area (TPSA) is 32.7 Å². The Morgan fingerprint density at radius 3 is 2.53 bits per heavy atom.